The van der Waals surface area contributed by atoms with Crippen LogP contribution in [-0.4, -0.2) is 15.3 Å². The number of imidazole rings is 1. The number of carbonyl (C=O) groups is 1. The summed E-state index contributed by atoms with van der Waals surface area (Å²) in [5, 5.41) is 5.84. The number of benzene rings is 1. The Hall–Kier alpha value is -2.72. The molecule has 1 amide bonds. The molecule has 10 heteroatoms. The number of carbonyl (C=O) groups excluding carboxylic acids is 1. The highest BCUT2D eigenvalue weighted by Crippen LogP contribution is 2.33. The van der Waals surface area contributed by atoms with Gasteiger partial charge in [0.25, 0.3) is 5.91 Å². The maximum absolute atomic E-state index is 13.4. The van der Waals surface area contributed by atoms with Gasteiger partial charge in [-0.1, -0.05) is 6.07 Å². The average Bonchev–Trinajstić information content (AvgIpc) is 3.31. The highest BCUT2D eigenvalue weighted by Gasteiger charge is 2.34. The number of anilines is 1. The van der Waals surface area contributed by atoms with Gasteiger partial charge < -0.3 is 5.32 Å². The van der Waals surface area contributed by atoms with Gasteiger partial charge in [-0.2, -0.15) is 13.2 Å². The minimum absolute atomic E-state index is 0.147. The molecule has 0 unspecified atom stereocenters. The molecule has 0 saturated heterocycles. The maximum Gasteiger partial charge on any atom is 0.419 e. The Morgan fingerprint density at radius 1 is 1.19 bits per heavy atom. The number of rotatable bonds is 3. The van der Waals surface area contributed by atoms with Gasteiger partial charge in [0.2, 0.25) is 0 Å². The second kappa shape index (κ2) is 6.46. The molecule has 3 aromatic heterocycles. The van der Waals surface area contributed by atoms with E-state index in [0.29, 0.717) is 22.8 Å². The Balaban J connectivity index is 1.64. The second-order valence-corrected chi connectivity index (χ2v) is 7.31. The molecule has 4 nitrogen and oxygen atoms in total. The van der Waals surface area contributed by atoms with Gasteiger partial charge in [0.1, 0.15) is 17.2 Å². The lowest BCUT2D eigenvalue weighted by Gasteiger charge is -2.10. The molecule has 138 valence electrons. The summed E-state index contributed by atoms with van der Waals surface area (Å²) >= 11 is 2.74. The van der Waals surface area contributed by atoms with E-state index in [1.165, 1.54) is 22.7 Å². The number of fused-ring (bicyclic) bond motifs is 1. The van der Waals surface area contributed by atoms with Crippen LogP contribution in [0.3, 0.4) is 0 Å². The Bertz CT molecular complexity index is 1130. The molecule has 0 atom stereocenters. The van der Waals surface area contributed by atoms with Crippen molar-refractivity contribution in [3.8, 4) is 10.6 Å². The maximum atomic E-state index is 13.4. The standard InChI is InChI=1S/C17H9F4N3OS2/c18-11-4-3-9(6-10(11)17(19,20)21)22-15(25)13-8-27-16-23-12(7-24(13)16)14-2-1-5-26-14/h1-8H,(H,22,25). The molecule has 4 rings (SSSR count). The van der Waals surface area contributed by atoms with Crippen molar-refractivity contribution in [2.75, 3.05) is 5.32 Å². The summed E-state index contributed by atoms with van der Waals surface area (Å²) in [6.07, 6.45) is -3.15. The fraction of sp³-hybridized carbons (Fsp3) is 0.0588. The van der Waals surface area contributed by atoms with E-state index in [4.69, 9.17) is 0 Å². The van der Waals surface area contributed by atoms with Crippen molar-refractivity contribution in [2.45, 2.75) is 6.18 Å². The van der Waals surface area contributed by atoms with Crippen molar-refractivity contribution in [3.05, 3.63) is 64.4 Å². The highest BCUT2D eigenvalue weighted by atomic mass is 32.1. The predicted molar refractivity (Wildman–Crippen MR) is 95.7 cm³/mol. The molecule has 3 heterocycles. The highest BCUT2D eigenvalue weighted by molar-refractivity contribution is 7.15. The lowest BCUT2D eigenvalue weighted by molar-refractivity contribution is -0.139. The number of nitrogens with zero attached hydrogens (tertiary/aromatic N) is 2. The van der Waals surface area contributed by atoms with Gasteiger partial charge in [0, 0.05) is 17.3 Å². The van der Waals surface area contributed by atoms with E-state index >= 15 is 0 Å². The third-order valence-electron chi connectivity index (χ3n) is 3.74. The molecule has 0 fully saturated rings. The first-order valence-electron chi connectivity index (χ1n) is 7.51. The Morgan fingerprint density at radius 3 is 2.70 bits per heavy atom. The van der Waals surface area contributed by atoms with E-state index in [0.717, 1.165) is 10.9 Å². The van der Waals surface area contributed by atoms with Crippen molar-refractivity contribution >= 4 is 39.2 Å². The summed E-state index contributed by atoms with van der Waals surface area (Å²) < 4.78 is 53.4. The van der Waals surface area contributed by atoms with E-state index in [1.807, 2.05) is 17.5 Å². The first-order valence-corrected chi connectivity index (χ1v) is 9.27. The molecule has 0 spiro atoms. The molecule has 1 N–H and O–H groups in total. The predicted octanol–water partition coefficient (Wildman–Crippen LogP) is 5.53. The van der Waals surface area contributed by atoms with Crippen LogP contribution in [0, 0.1) is 5.82 Å². The molecule has 0 aliphatic heterocycles. The van der Waals surface area contributed by atoms with Crippen molar-refractivity contribution < 1.29 is 22.4 Å². The Kier molecular flexibility index (Phi) is 4.23. The number of hydrogen-bond acceptors (Lipinski definition) is 4. The van der Waals surface area contributed by atoms with Gasteiger partial charge in [0.15, 0.2) is 4.96 Å². The van der Waals surface area contributed by atoms with Crippen molar-refractivity contribution in [1.29, 1.82) is 0 Å². The SMILES string of the molecule is O=C(Nc1ccc(F)c(C(F)(F)F)c1)c1csc2nc(-c3cccs3)cn12. The summed E-state index contributed by atoms with van der Waals surface area (Å²) in [5.41, 5.74) is -0.653. The summed E-state index contributed by atoms with van der Waals surface area (Å²) in [7, 11) is 0. The van der Waals surface area contributed by atoms with E-state index in [9.17, 15) is 22.4 Å². The van der Waals surface area contributed by atoms with Gasteiger partial charge in [-0.3, -0.25) is 9.20 Å². The zero-order chi connectivity index (χ0) is 19.2. The van der Waals surface area contributed by atoms with Gasteiger partial charge in [-0.05, 0) is 29.6 Å². The minimum atomic E-state index is -4.85. The van der Waals surface area contributed by atoms with Gasteiger partial charge in [-0.15, -0.1) is 22.7 Å². The third kappa shape index (κ3) is 3.33. The van der Waals surface area contributed by atoms with Crippen molar-refractivity contribution in [2.24, 2.45) is 0 Å². The van der Waals surface area contributed by atoms with Crippen molar-refractivity contribution in [1.82, 2.24) is 9.38 Å². The number of nitrogens with one attached hydrogen (secondary N) is 1. The van der Waals surface area contributed by atoms with Gasteiger partial charge in [0.05, 0.1) is 10.4 Å². The zero-order valence-electron chi connectivity index (χ0n) is 13.2. The summed E-state index contributed by atoms with van der Waals surface area (Å²) in [5.74, 6) is -2.01. The second-order valence-electron chi connectivity index (χ2n) is 5.52. The fourth-order valence-corrected chi connectivity index (χ4v) is 4.04. The van der Waals surface area contributed by atoms with E-state index in [-0.39, 0.29) is 11.4 Å². The number of thiazole rings is 1. The molecule has 0 aliphatic carbocycles. The van der Waals surface area contributed by atoms with Crippen LogP contribution in [0.4, 0.5) is 23.2 Å². The van der Waals surface area contributed by atoms with E-state index < -0.39 is 23.5 Å². The lowest BCUT2D eigenvalue weighted by atomic mass is 10.2. The molecule has 1 aromatic carbocycles. The number of alkyl halides is 3. The number of thiophene rings is 1. The van der Waals surface area contributed by atoms with Crippen LogP contribution < -0.4 is 5.32 Å². The van der Waals surface area contributed by atoms with Crippen LogP contribution in [0.5, 0.6) is 0 Å². The lowest BCUT2D eigenvalue weighted by Crippen LogP contribution is -2.15. The van der Waals surface area contributed by atoms with Crippen LogP contribution in [0.2, 0.25) is 0 Å². The molecule has 0 saturated carbocycles. The van der Waals surface area contributed by atoms with E-state index in [1.54, 1.807) is 16.0 Å². The average molecular weight is 411 g/mol. The van der Waals surface area contributed by atoms with Crippen LogP contribution in [0.15, 0.2) is 47.3 Å². The van der Waals surface area contributed by atoms with Crippen LogP contribution in [0.1, 0.15) is 16.1 Å². The van der Waals surface area contributed by atoms with Crippen LogP contribution in [-0.2, 0) is 6.18 Å². The Morgan fingerprint density at radius 2 is 2.00 bits per heavy atom. The molecular formula is C17H9F4N3OS2. The first kappa shape index (κ1) is 17.7. The number of amides is 1. The zero-order valence-corrected chi connectivity index (χ0v) is 14.9. The Labute approximate surface area is 157 Å². The molecule has 0 radical (unpaired) electrons. The molecule has 0 aliphatic rings. The quantitative estimate of drug-likeness (QED) is 0.450. The van der Waals surface area contributed by atoms with Crippen molar-refractivity contribution in [3.63, 3.8) is 0 Å². The summed E-state index contributed by atoms with van der Waals surface area (Å²) in [4.78, 5) is 18.5. The number of hydrogen-bond donors (Lipinski definition) is 1. The van der Waals surface area contributed by atoms with Crippen LogP contribution >= 0.6 is 22.7 Å². The monoisotopic (exact) mass is 411 g/mol. The number of halogens is 4. The van der Waals surface area contributed by atoms with Gasteiger partial charge in [-0.25, -0.2) is 9.37 Å². The fourth-order valence-electron chi connectivity index (χ4n) is 2.51. The molecule has 27 heavy (non-hydrogen) atoms. The minimum Gasteiger partial charge on any atom is -0.321 e. The third-order valence-corrected chi connectivity index (χ3v) is 5.48. The molecular weight excluding hydrogens is 402 g/mol. The summed E-state index contributed by atoms with van der Waals surface area (Å²) in [6, 6.07) is 6.11. The molecule has 4 aromatic rings. The van der Waals surface area contributed by atoms with Crippen LogP contribution in [0.25, 0.3) is 15.5 Å². The topological polar surface area (TPSA) is 46.4 Å². The normalized spacial score (nSPS) is 11.9. The smallest absolute Gasteiger partial charge is 0.321 e. The largest absolute Gasteiger partial charge is 0.419 e. The van der Waals surface area contributed by atoms with E-state index in [2.05, 4.69) is 10.3 Å². The first-order chi connectivity index (χ1) is 12.8. The number of aromatic nitrogens is 2. The molecule has 0 bridgehead atoms. The van der Waals surface area contributed by atoms with Gasteiger partial charge >= 0.3 is 6.18 Å². The summed E-state index contributed by atoms with van der Waals surface area (Å²) in [6.45, 7) is 0.